The van der Waals surface area contributed by atoms with E-state index >= 15 is 0 Å². The van der Waals surface area contributed by atoms with E-state index in [1.54, 1.807) is 47.0 Å². The second-order valence-corrected chi connectivity index (χ2v) is 8.45. The fourth-order valence-electron chi connectivity index (χ4n) is 4.02. The van der Waals surface area contributed by atoms with Crippen molar-refractivity contribution >= 4 is 17.7 Å². The number of carbonyl (C=O) groups is 2. The van der Waals surface area contributed by atoms with Gasteiger partial charge in [-0.15, -0.1) is 5.10 Å². The predicted molar refractivity (Wildman–Crippen MR) is 118 cm³/mol. The molecular weight excluding hydrogens is 392 g/mol. The fraction of sp³-hybridized carbons (Fsp3) is 0.500. The topological polar surface area (TPSA) is 88.2 Å². The molecule has 0 saturated heterocycles. The molecule has 1 aliphatic carbocycles. The molecule has 0 atom stereocenters. The van der Waals surface area contributed by atoms with Crippen molar-refractivity contribution in [2.24, 2.45) is 11.8 Å². The van der Waals surface area contributed by atoms with Gasteiger partial charge in [0.15, 0.2) is 5.82 Å². The minimum Gasteiger partial charge on any atom is -0.462 e. The lowest BCUT2D eigenvalue weighted by molar-refractivity contribution is -0.123. The molecule has 0 spiro atoms. The Bertz CT molecular complexity index is 964. The number of hydrogen-bond donors (Lipinski definition) is 0. The number of nitrogens with zero attached hydrogens (tertiary/aromatic N) is 4. The summed E-state index contributed by atoms with van der Waals surface area (Å²) in [5.74, 6) is 0.406. The van der Waals surface area contributed by atoms with E-state index in [9.17, 15) is 9.59 Å². The van der Waals surface area contributed by atoms with Gasteiger partial charge in [-0.25, -0.2) is 9.48 Å². The summed E-state index contributed by atoms with van der Waals surface area (Å²) in [7, 11) is 0. The van der Waals surface area contributed by atoms with Gasteiger partial charge in [0.25, 0.3) is 0 Å². The Morgan fingerprint density at radius 2 is 1.87 bits per heavy atom. The minimum absolute atomic E-state index is 0.0116. The van der Waals surface area contributed by atoms with Crippen LogP contribution < -0.4 is 4.90 Å². The van der Waals surface area contributed by atoms with Gasteiger partial charge in [-0.2, -0.15) is 5.26 Å². The number of nitriles is 1. The Balaban J connectivity index is 2.02. The molecule has 3 rings (SSSR count). The molecule has 1 saturated carbocycles. The van der Waals surface area contributed by atoms with Gasteiger partial charge in [0.05, 0.1) is 23.9 Å². The van der Waals surface area contributed by atoms with Gasteiger partial charge in [-0.3, -0.25) is 9.69 Å². The second-order valence-electron chi connectivity index (χ2n) is 8.45. The lowest BCUT2D eigenvalue weighted by Crippen LogP contribution is -2.43. The first kappa shape index (κ1) is 22.5. The number of carbonyl (C=O) groups excluding carboxylic acids is 2. The smallest absolute Gasteiger partial charge is 0.343 e. The molecule has 164 valence electrons. The third-order valence-corrected chi connectivity index (χ3v) is 5.80. The van der Waals surface area contributed by atoms with E-state index in [1.807, 2.05) is 13.8 Å². The number of benzene rings is 1. The third-order valence-electron chi connectivity index (χ3n) is 5.80. The first-order valence-corrected chi connectivity index (χ1v) is 11.0. The van der Waals surface area contributed by atoms with E-state index in [0.29, 0.717) is 23.0 Å². The maximum atomic E-state index is 13.5. The van der Waals surface area contributed by atoms with Gasteiger partial charge in [-0.05, 0) is 76.6 Å². The zero-order valence-electron chi connectivity index (χ0n) is 18.7. The van der Waals surface area contributed by atoms with Crippen LogP contribution in [0, 0.1) is 23.2 Å². The summed E-state index contributed by atoms with van der Waals surface area (Å²) >= 11 is 0. The van der Waals surface area contributed by atoms with Crippen LogP contribution in [0.4, 0.5) is 5.82 Å². The van der Waals surface area contributed by atoms with Crippen LogP contribution in [0.3, 0.4) is 0 Å². The molecule has 1 aliphatic rings. The van der Waals surface area contributed by atoms with E-state index < -0.39 is 5.97 Å². The van der Waals surface area contributed by atoms with Crippen LogP contribution in [-0.4, -0.2) is 34.3 Å². The zero-order valence-corrected chi connectivity index (χ0v) is 18.7. The molecule has 1 aromatic heterocycles. The van der Waals surface area contributed by atoms with Crippen LogP contribution in [0.15, 0.2) is 30.5 Å². The molecule has 0 N–H and O–H groups in total. The van der Waals surface area contributed by atoms with Crippen molar-refractivity contribution in [2.75, 3.05) is 11.5 Å². The molecule has 1 heterocycles. The van der Waals surface area contributed by atoms with Crippen molar-refractivity contribution < 1.29 is 14.3 Å². The number of ether oxygens (including phenoxy) is 1. The van der Waals surface area contributed by atoms with E-state index in [4.69, 9.17) is 10.00 Å². The van der Waals surface area contributed by atoms with E-state index in [1.165, 1.54) is 0 Å². The molecule has 1 fully saturated rings. The third kappa shape index (κ3) is 4.96. The summed E-state index contributed by atoms with van der Waals surface area (Å²) < 4.78 is 6.81. The minimum atomic E-state index is -0.506. The van der Waals surface area contributed by atoms with Crippen LogP contribution >= 0.6 is 0 Å². The van der Waals surface area contributed by atoms with E-state index in [0.717, 1.165) is 25.7 Å². The average Bonchev–Trinajstić information content (AvgIpc) is 3.19. The lowest BCUT2D eigenvalue weighted by Gasteiger charge is -2.32. The first-order chi connectivity index (χ1) is 14.8. The summed E-state index contributed by atoms with van der Waals surface area (Å²) in [6.07, 6.45) is 5.38. The normalized spacial score (nSPS) is 18.5. The average molecular weight is 423 g/mol. The number of esters is 1. The van der Waals surface area contributed by atoms with Crippen LogP contribution in [0.2, 0.25) is 0 Å². The quantitative estimate of drug-likeness (QED) is 0.640. The molecular formula is C24H30N4O3. The standard InChI is InChI=1S/C24H30N4O3/c1-5-31-24(30)21-15-27(20-12-8-18(14-25)9-13-20)26-22(21)28(16(2)3)23(29)19-10-6-17(4)7-11-19/h8-9,12-13,15-17,19H,5-7,10-11H2,1-4H3. The Labute approximate surface area is 183 Å². The van der Waals surface area contributed by atoms with Crippen molar-refractivity contribution in [3.8, 4) is 11.8 Å². The summed E-state index contributed by atoms with van der Waals surface area (Å²) in [4.78, 5) is 27.9. The summed E-state index contributed by atoms with van der Waals surface area (Å²) in [6.45, 7) is 8.06. The van der Waals surface area contributed by atoms with Gasteiger partial charge >= 0.3 is 5.97 Å². The number of rotatable bonds is 6. The highest BCUT2D eigenvalue weighted by molar-refractivity contribution is 6.02. The van der Waals surface area contributed by atoms with Crippen molar-refractivity contribution in [1.29, 1.82) is 5.26 Å². The highest BCUT2D eigenvalue weighted by atomic mass is 16.5. The Hall–Kier alpha value is -3.14. The van der Waals surface area contributed by atoms with Crippen LogP contribution in [0.5, 0.6) is 0 Å². The predicted octanol–water partition coefficient (Wildman–Crippen LogP) is 4.49. The molecule has 0 unspecified atom stereocenters. The maximum Gasteiger partial charge on any atom is 0.343 e. The fourth-order valence-corrected chi connectivity index (χ4v) is 4.02. The Morgan fingerprint density at radius 1 is 1.23 bits per heavy atom. The van der Waals surface area contributed by atoms with Gasteiger partial charge in [-0.1, -0.05) is 6.92 Å². The van der Waals surface area contributed by atoms with E-state index in [2.05, 4.69) is 18.1 Å². The van der Waals surface area contributed by atoms with Crippen molar-refractivity contribution in [3.05, 3.63) is 41.6 Å². The monoisotopic (exact) mass is 422 g/mol. The molecule has 0 aliphatic heterocycles. The van der Waals surface area contributed by atoms with Gasteiger partial charge < -0.3 is 4.74 Å². The second kappa shape index (κ2) is 9.78. The van der Waals surface area contributed by atoms with Crippen molar-refractivity contribution in [3.63, 3.8) is 0 Å². The first-order valence-electron chi connectivity index (χ1n) is 11.0. The Kier molecular flexibility index (Phi) is 7.11. The molecule has 2 aromatic rings. The molecule has 1 amide bonds. The van der Waals surface area contributed by atoms with Gasteiger partial charge in [0.2, 0.25) is 5.91 Å². The van der Waals surface area contributed by atoms with Crippen molar-refractivity contribution in [1.82, 2.24) is 9.78 Å². The summed E-state index contributed by atoms with van der Waals surface area (Å²) in [5.41, 5.74) is 1.49. The van der Waals surface area contributed by atoms with Crippen molar-refractivity contribution in [2.45, 2.75) is 59.4 Å². The van der Waals surface area contributed by atoms with Crippen LogP contribution in [0.1, 0.15) is 69.3 Å². The molecule has 0 radical (unpaired) electrons. The van der Waals surface area contributed by atoms with Gasteiger partial charge in [0, 0.05) is 18.2 Å². The van der Waals surface area contributed by atoms with Crippen LogP contribution in [-0.2, 0) is 9.53 Å². The number of amides is 1. The molecule has 1 aromatic carbocycles. The largest absolute Gasteiger partial charge is 0.462 e. The molecule has 0 bridgehead atoms. The number of aromatic nitrogens is 2. The highest BCUT2D eigenvalue weighted by Crippen LogP contribution is 2.33. The Morgan fingerprint density at radius 3 is 2.42 bits per heavy atom. The molecule has 7 nitrogen and oxygen atoms in total. The van der Waals surface area contributed by atoms with Gasteiger partial charge in [0.1, 0.15) is 5.56 Å². The zero-order chi connectivity index (χ0) is 22.5. The SMILES string of the molecule is CCOC(=O)c1cn(-c2ccc(C#N)cc2)nc1N(C(=O)C1CCC(C)CC1)C(C)C. The number of hydrogen-bond acceptors (Lipinski definition) is 5. The highest BCUT2D eigenvalue weighted by Gasteiger charge is 2.34. The summed E-state index contributed by atoms with van der Waals surface area (Å²) in [6, 6.07) is 8.82. The van der Waals surface area contributed by atoms with Crippen LogP contribution in [0.25, 0.3) is 5.69 Å². The molecule has 31 heavy (non-hydrogen) atoms. The summed E-state index contributed by atoms with van der Waals surface area (Å²) in [5, 5.41) is 13.7. The molecule has 7 heteroatoms. The maximum absolute atomic E-state index is 13.5. The number of anilines is 1. The van der Waals surface area contributed by atoms with E-state index in [-0.39, 0.29) is 30.0 Å². The lowest BCUT2D eigenvalue weighted by atomic mass is 9.82.